The Balaban J connectivity index is 0.000000479. The highest BCUT2D eigenvalue weighted by Crippen LogP contribution is 2.36. The van der Waals surface area contributed by atoms with Gasteiger partial charge in [-0.15, -0.1) is 0 Å². The number of halogens is 5. The smallest absolute Gasteiger partial charge is 0.490 e. The topological polar surface area (TPSA) is 106 Å². The lowest BCUT2D eigenvalue weighted by molar-refractivity contribution is -0.192. The number of anilines is 2. The first-order valence-corrected chi connectivity index (χ1v) is 12.0. The fraction of sp³-hybridized carbons (Fsp3) is 0.375. The molecule has 0 saturated carbocycles. The molecule has 0 aliphatic carbocycles. The first-order chi connectivity index (χ1) is 17.5. The molecule has 0 radical (unpaired) electrons. The number of nitrogens with one attached hydrogen (secondary N) is 2. The summed E-state index contributed by atoms with van der Waals surface area (Å²) in [6.45, 7) is 4.13. The molecule has 0 amide bonds. The summed E-state index contributed by atoms with van der Waals surface area (Å²) in [6, 6.07) is 8.52. The van der Waals surface area contributed by atoms with Crippen molar-refractivity contribution < 1.29 is 36.9 Å². The molecule has 1 aliphatic rings. The summed E-state index contributed by atoms with van der Waals surface area (Å²) >= 11 is 3.27. The van der Waals surface area contributed by atoms with E-state index in [0.717, 1.165) is 31.3 Å². The van der Waals surface area contributed by atoms with Crippen molar-refractivity contribution in [2.75, 3.05) is 25.5 Å². The molecule has 1 fully saturated rings. The number of carboxylic acids is 1. The third-order valence-electron chi connectivity index (χ3n) is 5.71. The van der Waals surface area contributed by atoms with Crippen LogP contribution < -0.4 is 20.1 Å². The monoisotopic (exact) mass is 588 g/mol. The van der Waals surface area contributed by atoms with Crippen LogP contribution in [0.1, 0.15) is 19.8 Å². The van der Waals surface area contributed by atoms with Gasteiger partial charge in [0.1, 0.15) is 18.0 Å². The van der Waals surface area contributed by atoms with Crippen LogP contribution in [0, 0.1) is 11.7 Å². The largest absolute Gasteiger partial charge is 0.493 e. The number of hydrogen-bond acceptors (Lipinski definition) is 7. The number of benzene rings is 2. The molecule has 13 heteroatoms. The molecule has 1 atom stereocenters. The minimum Gasteiger partial charge on any atom is -0.493 e. The average Bonchev–Trinajstić information content (AvgIpc) is 2.85. The van der Waals surface area contributed by atoms with Crippen molar-refractivity contribution in [2.45, 2.75) is 32.0 Å². The summed E-state index contributed by atoms with van der Waals surface area (Å²) < 4.78 is 58.5. The number of methoxy groups -OCH3 is 1. The predicted octanol–water partition coefficient (Wildman–Crippen LogP) is 5.68. The van der Waals surface area contributed by atoms with E-state index in [2.05, 4.69) is 43.5 Å². The van der Waals surface area contributed by atoms with Crippen molar-refractivity contribution in [2.24, 2.45) is 5.92 Å². The molecule has 37 heavy (non-hydrogen) atoms. The van der Waals surface area contributed by atoms with Gasteiger partial charge in [0.05, 0.1) is 24.4 Å². The van der Waals surface area contributed by atoms with Crippen molar-refractivity contribution in [1.29, 1.82) is 0 Å². The number of ether oxygens (including phenoxy) is 2. The Bertz CT molecular complexity index is 1240. The maximum Gasteiger partial charge on any atom is 0.490 e. The third kappa shape index (κ3) is 7.65. The quantitative estimate of drug-likeness (QED) is 0.316. The van der Waals surface area contributed by atoms with E-state index in [1.807, 2.05) is 12.1 Å². The maximum absolute atomic E-state index is 14.3. The lowest BCUT2D eigenvalue weighted by Crippen LogP contribution is -2.35. The van der Waals surface area contributed by atoms with Gasteiger partial charge in [0.2, 0.25) is 0 Å². The van der Waals surface area contributed by atoms with Crippen molar-refractivity contribution in [3.8, 4) is 11.5 Å². The van der Waals surface area contributed by atoms with E-state index in [9.17, 15) is 17.6 Å². The van der Waals surface area contributed by atoms with Gasteiger partial charge in [-0.05, 0) is 63.0 Å². The number of nitrogens with zero attached hydrogens (tertiary/aromatic N) is 2. The van der Waals surface area contributed by atoms with Crippen LogP contribution in [0.5, 0.6) is 11.5 Å². The van der Waals surface area contributed by atoms with Gasteiger partial charge in [-0.3, -0.25) is 0 Å². The molecule has 3 N–H and O–H groups in total. The molecule has 1 aromatic heterocycles. The van der Waals surface area contributed by atoms with Crippen LogP contribution in [0.2, 0.25) is 0 Å². The molecule has 3 aromatic rings. The van der Waals surface area contributed by atoms with E-state index in [4.69, 9.17) is 19.4 Å². The second-order valence-corrected chi connectivity index (χ2v) is 9.12. The Morgan fingerprint density at radius 2 is 1.86 bits per heavy atom. The Labute approximate surface area is 218 Å². The molecule has 2 aromatic carbocycles. The number of alkyl halides is 3. The van der Waals surface area contributed by atoms with Gasteiger partial charge in [0.25, 0.3) is 0 Å². The van der Waals surface area contributed by atoms with Gasteiger partial charge in [-0.1, -0.05) is 15.9 Å². The Morgan fingerprint density at radius 1 is 1.19 bits per heavy atom. The fourth-order valence-electron chi connectivity index (χ4n) is 3.74. The van der Waals surface area contributed by atoms with Gasteiger partial charge >= 0.3 is 12.1 Å². The lowest BCUT2D eigenvalue weighted by Gasteiger charge is -2.29. The number of rotatable bonds is 6. The SMILES string of the molecule is COc1cc2c(Nc3ccc(Br)cc3F)ncnc2cc1OC(C)C1CCNCC1.O=C(O)C(F)(F)F. The van der Waals surface area contributed by atoms with Crippen molar-refractivity contribution in [3.05, 3.63) is 46.9 Å². The summed E-state index contributed by atoms with van der Waals surface area (Å²) in [6.07, 6.45) is -1.39. The summed E-state index contributed by atoms with van der Waals surface area (Å²) in [4.78, 5) is 17.6. The van der Waals surface area contributed by atoms with E-state index in [1.54, 1.807) is 19.2 Å². The molecule has 1 aliphatic heterocycles. The zero-order chi connectivity index (χ0) is 27.2. The molecule has 4 rings (SSSR count). The number of aliphatic carboxylic acids is 1. The Morgan fingerprint density at radius 3 is 2.46 bits per heavy atom. The van der Waals surface area contributed by atoms with Crippen LogP contribution >= 0.6 is 15.9 Å². The molecule has 0 bridgehead atoms. The number of piperidine rings is 1. The molecular formula is C24H25BrF4N4O4. The lowest BCUT2D eigenvalue weighted by atomic mass is 9.93. The van der Waals surface area contributed by atoms with Gasteiger partial charge in [-0.2, -0.15) is 13.2 Å². The first-order valence-electron chi connectivity index (χ1n) is 11.2. The molecule has 1 saturated heterocycles. The average molecular weight is 589 g/mol. The van der Waals surface area contributed by atoms with Gasteiger partial charge in [0.15, 0.2) is 11.5 Å². The molecule has 8 nitrogen and oxygen atoms in total. The Kier molecular flexibility index (Phi) is 9.49. The highest BCUT2D eigenvalue weighted by molar-refractivity contribution is 9.10. The minimum absolute atomic E-state index is 0.0646. The predicted molar refractivity (Wildman–Crippen MR) is 133 cm³/mol. The summed E-state index contributed by atoms with van der Waals surface area (Å²) in [5.41, 5.74) is 1.02. The number of carboxylic acid groups (broad SMARTS) is 1. The fourth-order valence-corrected chi connectivity index (χ4v) is 4.08. The highest BCUT2D eigenvalue weighted by atomic mass is 79.9. The minimum atomic E-state index is -5.08. The van der Waals surface area contributed by atoms with E-state index in [-0.39, 0.29) is 11.9 Å². The number of carbonyl (C=O) groups is 1. The van der Waals surface area contributed by atoms with Gasteiger partial charge in [0, 0.05) is 15.9 Å². The highest BCUT2D eigenvalue weighted by Gasteiger charge is 2.38. The van der Waals surface area contributed by atoms with Crippen molar-refractivity contribution in [1.82, 2.24) is 15.3 Å². The molecule has 200 valence electrons. The van der Waals surface area contributed by atoms with Crippen molar-refractivity contribution >= 4 is 44.3 Å². The molecule has 1 unspecified atom stereocenters. The number of hydrogen-bond donors (Lipinski definition) is 3. The molecule has 0 spiro atoms. The van der Waals surface area contributed by atoms with Crippen LogP contribution in [-0.2, 0) is 4.79 Å². The zero-order valence-electron chi connectivity index (χ0n) is 19.9. The summed E-state index contributed by atoms with van der Waals surface area (Å²) in [5.74, 6) is -0.897. The standard InChI is InChI=1S/C22H24BrFN4O2.C2HF3O2/c1-13(14-5-7-25-8-6-14)30-21-11-19-16(10-20(21)29-2)22(27-12-26-19)28-18-4-3-15(23)9-17(18)24;3-2(4,5)1(6)7/h3-4,9-14,25H,5-8H2,1-2H3,(H,26,27,28);(H,6,7). The normalized spacial score (nSPS) is 14.9. The van der Waals surface area contributed by atoms with E-state index in [0.29, 0.717) is 38.9 Å². The van der Waals surface area contributed by atoms with Gasteiger partial charge < -0.3 is 25.2 Å². The van der Waals surface area contributed by atoms with Crippen LogP contribution in [0.3, 0.4) is 0 Å². The summed E-state index contributed by atoms with van der Waals surface area (Å²) in [7, 11) is 1.61. The zero-order valence-corrected chi connectivity index (χ0v) is 21.5. The second-order valence-electron chi connectivity index (χ2n) is 8.20. The van der Waals surface area contributed by atoms with E-state index >= 15 is 0 Å². The number of fused-ring (bicyclic) bond motifs is 1. The van der Waals surface area contributed by atoms with Crippen LogP contribution in [0.4, 0.5) is 29.1 Å². The number of aromatic nitrogens is 2. The second kappa shape index (κ2) is 12.4. The van der Waals surface area contributed by atoms with Crippen LogP contribution in [0.15, 0.2) is 41.1 Å². The van der Waals surface area contributed by atoms with Crippen molar-refractivity contribution in [3.63, 3.8) is 0 Å². The molecular weight excluding hydrogens is 564 g/mol. The maximum atomic E-state index is 14.3. The van der Waals surface area contributed by atoms with Crippen LogP contribution in [-0.4, -0.2) is 53.5 Å². The summed E-state index contributed by atoms with van der Waals surface area (Å²) in [5, 5.41) is 14.3. The third-order valence-corrected chi connectivity index (χ3v) is 6.20. The molecule has 2 heterocycles. The van der Waals surface area contributed by atoms with Crippen LogP contribution in [0.25, 0.3) is 10.9 Å². The van der Waals surface area contributed by atoms with Gasteiger partial charge in [-0.25, -0.2) is 19.2 Å². The first kappa shape index (κ1) is 28.4. The Hall–Kier alpha value is -3.19. The van der Waals surface area contributed by atoms with E-state index in [1.165, 1.54) is 12.4 Å². The van der Waals surface area contributed by atoms with E-state index < -0.39 is 12.1 Å².